The van der Waals surface area contributed by atoms with E-state index >= 15 is 0 Å². The molecule has 0 bridgehead atoms. The van der Waals surface area contributed by atoms with Crippen molar-refractivity contribution in [3.8, 4) is 11.3 Å². The van der Waals surface area contributed by atoms with Crippen LogP contribution in [0.1, 0.15) is 16.7 Å². The minimum Gasteiger partial charge on any atom is -0.348 e. The number of amides is 1. The third-order valence-corrected chi connectivity index (χ3v) is 4.94. The second-order valence-corrected chi connectivity index (χ2v) is 7.26. The van der Waals surface area contributed by atoms with Crippen LogP contribution in [0, 0.1) is 0 Å². The zero-order chi connectivity index (χ0) is 20.8. The highest BCUT2D eigenvalue weighted by Crippen LogP contribution is 2.23. The van der Waals surface area contributed by atoms with Gasteiger partial charge in [0, 0.05) is 17.1 Å². The highest BCUT2D eigenvalue weighted by Gasteiger charge is 2.13. The predicted molar refractivity (Wildman–Crippen MR) is 122 cm³/mol. The second-order valence-electron chi connectivity index (χ2n) is 6.82. The van der Waals surface area contributed by atoms with E-state index in [0.29, 0.717) is 17.1 Å². The molecule has 0 aliphatic heterocycles. The van der Waals surface area contributed by atoms with E-state index in [2.05, 4.69) is 15.3 Å². The molecule has 0 atom stereocenters. The van der Waals surface area contributed by atoms with Crippen LogP contribution < -0.4 is 5.32 Å². The van der Waals surface area contributed by atoms with Crippen LogP contribution >= 0.6 is 11.6 Å². The third-order valence-electron chi connectivity index (χ3n) is 4.70. The number of H-pyrrole nitrogens is 1. The number of aromatic nitrogens is 2. The fourth-order valence-electron chi connectivity index (χ4n) is 3.16. The number of hydrogen-bond donors (Lipinski definition) is 2. The summed E-state index contributed by atoms with van der Waals surface area (Å²) in [5, 5.41) is 3.65. The summed E-state index contributed by atoms with van der Waals surface area (Å²) >= 11 is 6.05. The van der Waals surface area contributed by atoms with Crippen LogP contribution in [-0.2, 0) is 11.3 Å². The number of carbonyl (C=O) groups excluding carboxylic acids is 1. The van der Waals surface area contributed by atoms with Crippen molar-refractivity contribution < 1.29 is 4.79 Å². The van der Waals surface area contributed by atoms with Crippen LogP contribution in [0.5, 0.6) is 0 Å². The quantitative estimate of drug-likeness (QED) is 0.320. The first-order valence-corrected chi connectivity index (χ1v) is 9.95. The van der Waals surface area contributed by atoms with Crippen molar-refractivity contribution in [1.82, 2.24) is 15.3 Å². The highest BCUT2D eigenvalue weighted by atomic mass is 35.5. The fourth-order valence-corrected chi connectivity index (χ4v) is 3.38. The summed E-state index contributed by atoms with van der Waals surface area (Å²) in [7, 11) is 0. The zero-order valence-electron chi connectivity index (χ0n) is 16.2. The molecule has 0 unspecified atom stereocenters. The van der Waals surface area contributed by atoms with Crippen LogP contribution in [0.3, 0.4) is 0 Å². The van der Waals surface area contributed by atoms with Gasteiger partial charge >= 0.3 is 0 Å². The summed E-state index contributed by atoms with van der Waals surface area (Å²) in [5.74, 6) is -0.145. The Kier molecular flexibility index (Phi) is 6.06. The van der Waals surface area contributed by atoms with Gasteiger partial charge in [0.2, 0.25) is 0 Å². The Morgan fingerprint density at radius 3 is 2.50 bits per heavy atom. The van der Waals surface area contributed by atoms with Gasteiger partial charge in [0.1, 0.15) is 0 Å². The topological polar surface area (TPSA) is 57.8 Å². The van der Waals surface area contributed by atoms with Gasteiger partial charge in [-0.3, -0.25) is 4.79 Å². The van der Waals surface area contributed by atoms with E-state index < -0.39 is 0 Å². The molecule has 1 amide bonds. The SMILES string of the molecule is O=C(NCc1cccc(Cl)c1)C(=Cc1ccccc1)c1ccc(-c2cnc[nH]2)cc1. The first-order chi connectivity index (χ1) is 14.7. The Hall–Kier alpha value is -3.63. The molecule has 0 spiro atoms. The van der Waals surface area contributed by atoms with Gasteiger partial charge in [0.15, 0.2) is 0 Å². The van der Waals surface area contributed by atoms with E-state index in [9.17, 15) is 4.79 Å². The number of nitrogens with one attached hydrogen (secondary N) is 2. The summed E-state index contributed by atoms with van der Waals surface area (Å²) in [6.07, 6.45) is 5.32. The van der Waals surface area contributed by atoms with Crippen molar-refractivity contribution in [1.29, 1.82) is 0 Å². The molecule has 5 heteroatoms. The van der Waals surface area contributed by atoms with Gasteiger partial charge in [-0.1, -0.05) is 78.3 Å². The molecule has 1 heterocycles. The summed E-state index contributed by atoms with van der Waals surface area (Å²) in [5.41, 5.74) is 5.29. The summed E-state index contributed by atoms with van der Waals surface area (Å²) < 4.78 is 0. The van der Waals surface area contributed by atoms with Gasteiger partial charge in [0.05, 0.1) is 18.2 Å². The second kappa shape index (κ2) is 9.25. The molecule has 0 fully saturated rings. The van der Waals surface area contributed by atoms with Crippen molar-refractivity contribution in [2.24, 2.45) is 0 Å². The van der Waals surface area contributed by atoms with Gasteiger partial charge in [-0.05, 0) is 40.5 Å². The fraction of sp³-hybridized carbons (Fsp3) is 0.0400. The number of aromatic amines is 1. The number of imidazole rings is 1. The summed E-state index contributed by atoms with van der Waals surface area (Å²) in [4.78, 5) is 20.2. The monoisotopic (exact) mass is 413 g/mol. The molecule has 4 nitrogen and oxygen atoms in total. The van der Waals surface area contributed by atoms with Crippen molar-refractivity contribution >= 4 is 29.2 Å². The lowest BCUT2D eigenvalue weighted by molar-refractivity contribution is -0.115. The molecular weight excluding hydrogens is 394 g/mol. The smallest absolute Gasteiger partial charge is 0.252 e. The lowest BCUT2D eigenvalue weighted by Crippen LogP contribution is -2.23. The Balaban J connectivity index is 1.61. The predicted octanol–water partition coefficient (Wildman–Crippen LogP) is 5.59. The Morgan fingerprint density at radius 1 is 1.00 bits per heavy atom. The number of halogens is 1. The van der Waals surface area contributed by atoms with Crippen molar-refractivity contribution in [3.05, 3.63) is 113 Å². The minimum absolute atomic E-state index is 0.145. The van der Waals surface area contributed by atoms with Gasteiger partial charge in [-0.15, -0.1) is 0 Å². The molecule has 0 aliphatic rings. The third kappa shape index (κ3) is 4.85. The first-order valence-electron chi connectivity index (χ1n) is 9.57. The van der Waals surface area contributed by atoms with Gasteiger partial charge < -0.3 is 10.3 Å². The molecule has 148 valence electrons. The molecule has 3 aromatic carbocycles. The standard InChI is InChI=1S/C25H20ClN3O/c26-22-8-4-7-19(13-22)15-28-25(30)23(14-18-5-2-1-3-6-18)20-9-11-21(12-10-20)24-16-27-17-29-24/h1-14,16-17H,15H2,(H,27,29)(H,28,30). The van der Waals surface area contributed by atoms with Crippen LogP contribution in [0.15, 0.2) is 91.4 Å². The lowest BCUT2D eigenvalue weighted by atomic mass is 10.00. The molecule has 30 heavy (non-hydrogen) atoms. The molecule has 4 rings (SSSR count). The average Bonchev–Trinajstić information content (AvgIpc) is 3.32. The maximum absolute atomic E-state index is 13.1. The largest absolute Gasteiger partial charge is 0.348 e. The van der Waals surface area contributed by atoms with Crippen LogP contribution in [0.2, 0.25) is 5.02 Å². The van der Waals surface area contributed by atoms with E-state index in [1.165, 1.54) is 0 Å². The molecule has 4 aromatic rings. The van der Waals surface area contributed by atoms with Crippen LogP contribution in [0.25, 0.3) is 22.9 Å². The number of nitrogens with zero attached hydrogens (tertiary/aromatic N) is 1. The lowest BCUT2D eigenvalue weighted by Gasteiger charge is -2.11. The van der Waals surface area contributed by atoms with E-state index in [-0.39, 0.29) is 5.91 Å². The zero-order valence-corrected chi connectivity index (χ0v) is 16.9. The Morgan fingerprint density at radius 2 is 1.80 bits per heavy atom. The highest BCUT2D eigenvalue weighted by molar-refractivity contribution is 6.30. The summed E-state index contributed by atoms with van der Waals surface area (Å²) in [6.45, 7) is 0.401. The maximum Gasteiger partial charge on any atom is 0.252 e. The molecule has 0 aliphatic carbocycles. The molecule has 0 saturated heterocycles. The molecule has 0 saturated carbocycles. The van der Waals surface area contributed by atoms with Crippen LogP contribution in [-0.4, -0.2) is 15.9 Å². The molecule has 1 aromatic heterocycles. The van der Waals surface area contributed by atoms with Gasteiger partial charge in [-0.2, -0.15) is 0 Å². The van der Waals surface area contributed by atoms with Gasteiger partial charge in [-0.25, -0.2) is 4.98 Å². The minimum atomic E-state index is -0.145. The van der Waals surface area contributed by atoms with Gasteiger partial charge in [0.25, 0.3) is 5.91 Å². The van der Waals surface area contributed by atoms with E-state index in [1.807, 2.05) is 84.9 Å². The first kappa shape index (κ1) is 19.7. The van der Waals surface area contributed by atoms with Crippen molar-refractivity contribution in [2.75, 3.05) is 0 Å². The van der Waals surface area contributed by atoms with Crippen molar-refractivity contribution in [3.63, 3.8) is 0 Å². The normalized spacial score (nSPS) is 11.3. The van der Waals surface area contributed by atoms with E-state index in [0.717, 1.165) is 27.9 Å². The molecule has 0 radical (unpaired) electrons. The Bertz CT molecular complexity index is 1150. The van der Waals surface area contributed by atoms with Crippen LogP contribution in [0.4, 0.5) is 0 Å². The van der Waals surface area contributed by atoms with E-state index in [4.69, 9.17) is 11.6 Å². The number of carbonyl (C=O) groups is 1. The Labute approximate surface area is 180 Å². The number of hydrogen-bond acceptors (Lipinski definition) is 2. The molecular formula is C25H20ClN3O. The summed E-state index contributed by atoms with van der Waals surface area (Å²) in [6, 6.07) is 25.1. The number of rotatable bonds is 6. The van der Waals surface area contributed by atoms with Crippen molar-refractivity contribution in [2.45, 2.75) is 6.54 Å². The number of benzene rings is 3. The maximum atomic E-state index is 13.1. The average molecular weight is 414 g/mol. The van der Waals surface area contributed by atoms with E-state index in [1.54, 1.807) is 12.5 Å². The molecule has 2 N–H and O–H groups in total.